The fourth-order valence-electron chi connectivity index (χ4n) is 5.71. The molecule has 0 radical (unpaired) electrons. The number of aromatic nitrogens is 1. The third-order valence-corrected chi connectivity index (χ3v) is 10.00. The van der Waals surface area contributed by atoms with Gasteiger partial charge in [0.1, 0.15) is 16.7 Å². The molecule has 0 amide bonds. The number of benzene rings is 1. The van der Waals surface area contributed by atoms with Crippen molar-refractivity contribution >= 4 is 21.5 Å². The second-order valence-electron chi connectivity index (χ2n) is 12.6. The summed E-state index contributed by atoms with van der Waals surface area (Å²) in [6.07, 6.45) is 28.9. The van der Waals surface area contributed by atoms with Gasteiger partial charge in [0.15, 0.2) is 6.20 Å². The predicted molar refractivity (Wildman–Crippen MR) is 181 cm³/mol. The van der Waals surface area contributed by atoms with Crippen molar-refractivity contribution in [3.05, 3.63) is 46.9 Å². The molecule has 2 aromatic rings. The highest BCUT2D eigenvalue weighted by molar-refractivity contribution is 7.85. The highest BCUT2D eigenvalue weighted by atomic mass is 32.2. The summed E-state index contributed by atoms with van der Waals surface area (Å²) in [5.74, 6) is 0.776. The van der Waals surface area contributed by atoms with Gasteiger partial charge in [-0.15, -0.1) is 0 Å². The van der Waals surface area contributed by atoms with Crippen LogP contribution in [0, 0.1) is 12.8 Å². The predicted octanol–water partition coefficient (Wildman–Crippen LogP) is 9.40. The van der Waals surface area contributed by atoms with E-state index in [1.807, 2.05) is 6.92 Å². The molecule has 6 nitrogen and oxygen atoms in total. The van der Waals surface area contributed by atoms with Gasteiger partial charge < -0.3 is 14.0 Å². The minimum absolute atomic E-state index is 0.178. The Balaban J connectivity index is 0.000000514. The molecule has 2 heterocycles. The van der Waals surface area contributed by atoms with Crippen LogP contribution in [0.15, 0.2) is 46.2 Å². The van der Waals surface area contributed by atoms with E-state index in [0.29, 0.717) is 6.10 Å². The van der Waals surface area contributed by atoms with Crippen LogP contribution in [-0.4, -0.2) is 38.9 Å². The van der Waals surface area contributed by atoms with E-state index < -0.39 is 10.1 Å². The molecule has 1 fully saturated rings. The topological polar surface area (TPSA) is 79.5 Å². The summed E-state index contributed by atoms with van der Waals surface area (Å²) < 4.78 is 45.3. The van der Waals surface area contributed by atoms with Crippen LogP contribution in [-0.2, 0) is 26.1 Å². The van der Waals surface area contributed by atoms with Crippen LogP contribution in [0.3, 0.4) is 0 Å². The van der Waals surface area contributed by atoms with Crippen molar-refractivity contribution in [2.24, 2.45) is 5.92 Å². The van der Waals surface area contributed by atoms with Gasteiger partial charge in [0.05, 0.1) is 23.0 Å². The maximum Gasteiger partial charge on any atom is 0.224 e. The molecule has 1 aromatic heterocycles. The normalized spacial score (nSPS) is 16.6. The van der Waals surface area contributed by atoms with Crippen molar-refractivity contribution < 1.29 is 27.0 Å². The average Bonchev–Trinajstić information content (AvgIpc) is 3.69. The number of ether oxygens (including phenoxy) is 2. The molecule has 44 heavy (non-hydrogen) atoms. The third-order valence-electron chi connectivity index (χ3n) is 8.48. The van der Waals surface area contributed by atoms with Gasteiger partial charge in [-0.25, -0.2) is 8.42 Å². The van der Waals surface area contributed by atoms with Gasteiger partial charge in [0, 0.05) is 19.6 Å². The molecule has 252 valence electrons. The summed E-state index contributed by atoms with van der Waals surface area (Å²) in [7, 11) is -4.27. The highest BCUT2D eigenvalue weighted by Crippen LogP contribution is 2.25. The third kappa shape index (κ3) is 19.9. The second-order valence-corrected chi connectivity index (χ2v) is 14.7. The Kier molecular flexibility index (Phi) is 22.0. The number of hydrogen-bond donors (Lipinski definition) is 0. The summed E-state index contributed by atoms with van der Waals surface area (Å²) in [4.78, 5) is -0.178. The molecular formula is C36H61NO5S2. The van der Waals surface area contributed by atoms with E-state index in [9.17, 15) is 13.0 Å². The monoisotopic (exact) mass is 651 g/mol. The van der Waals surface area contributed by atoms with Crippen LogP contribution in [0.4, 0.5) is 0 Å². The van der Waals surface area contributed by atoms with Crippen LogP contribution in [0.5, 0.6) is 0 Å². The summed E-state index contributed by atoms with van der Waals surface area (Å²) in [6.45, 7) is 7.90. The Morgan fingerprint density at radius 2 is 1.45 bits per heavy atom. The van der Waals surface area contributed by atoms with Gasteiger partial charge in [-0.3, -0.25) is 0 Å². The SMILES string of the molecule is CCCCCCCCCCCCCCCC[C@H]1CO[C@H](COCCCCC[n+]2ccsc2)C1.Cc1ccc(S(=O)(=O)[O-])cc1. The van der Waals surface area contributed by atoms with Crippen molar-refractivity contribution in [2.45, 2.75) is 153 Å². The van der Waals surface area contributed by atoms with Crippen molar-refractivity contribution in [3.63, 3.8) is 0 Å². The van der Waals surface area contributed by atoms with Gasteiger partial charge in [0.25, 0.3) is 0 Å². The maximum atomic E-state index is 10.4. The first-order valence-electron chi connectivity index (χ1n) is 17.5. The molecule has 3 rings (SSSR count). The van der Waals surface area contributed by atoms with Gasteiger partial charge in [-0.2, -0.15) is 4.57 Å². The van der Waals surface area contributed by atoms with Gasteiger partial charge in [-0.05, 0) is 50.7 Å². The van der Waals surface area contributed by atoms with Crippen LogP contribution in [0.1, 0.15) is 134 Å². The van der Waals surface area contributed by atoms with Crippen molar-refractivity contribution in [1.82, 2.24) is 0 Å². The van der Waals surface area contributed by atoms with Gasteiger partial charge in [0.2, 0.25) is 5.51 Å². The first kappa shape index (κ1) is 38.9. The van der Waals surface area contributed by atoms with E-state index in [1.54, 1.807) is 23.5 Å². The average molecular weight is 652 g/mol. The second kappa shape index (κ2) is 24.9. The quantitative estimate of drug-likeness (QED) is 0.0642. The van der Waals surface area contributed by atoms with E-state index in [1.165, 1.54) is 134 Å². The Hall–Kier alpha value is -1.32. The number of rotatable bonds is 24. The van der Waals surface area contributed by atoms with E-state index >= 15 is 0 Å². The summed E-state index contributed by atoms with van der Waals surface area (Å²) in [6, 6.07) is 5.78. The molecule has 1 saturated heterocycles. The first-order chi connectivity index (χ1) is 21.4. The zero-order valence-corrected chi connectivity index (χ0v) is 29.4. The molecule has 1 aliphatic rings. The Bertz CT molecular complexity index is 1030. The lowest BCUT2D eigenvalue weighted by molar-refractivity contribution is -0.692. The Labute approximate surface area is 273 Å². The molecule has 1 aromatic carbocycles. The fraction of sp³-hybridized carbons (Fsp3) is 0.750. The lowest BCUT2D eigenvalue weighted by Gasteiger charge is -2.10. The lowest BCUT2D eigenvalue weighted by atomic mass is 9.97. The van der Waals surface area contributed by atoms with Gasteiger partial charge in [-0.1, -0.05) is 126 Å². The zero-order chi connectivity index (χ0) is 31.7. The fourth-order valence-corrected chi connectivity index (χ4v) is 6.81. The molecule has 0 spiro atoms. The molecule has 0 saturated carbocycles. The number of thiazole rings is 1. The van der Waals surface area contributed by atoms with E-state index in [0.717, 1.165) is 37.8 Å². The molecular weight excluding hydrogens is 591 g/mol. The van der Waals surface area contributed by atoms with E-state index in [4.69, 9.17) is 9.47 Å². The number of unbranched alkanes of at least 4 members (excludes halogenated alkanes) is 15. The summed E-state index contributed by atoms with van der Waals surface area (Å²) >= 11 is 1.76. The van der Waals surface area contributed by atoms with E-state index in [2.05, 4.69) is 28.6 Å². The largest absolute Gasteiger partial charge is 0.744 e. The van der Waals surface area contributed by atoms with Crippen molar-refractivity contribution in [3.8, 4) is 0 Å². The Morgan fingerprint density at radius 3 is 2.02 bits per heavy atom. The van der Waals surface area contributed by atoms with Crippen LogP contribution in [0.2, 0.25) is 0 Å². The number of nitrogens with zero attached hydrogens (tertiary/aromatic N) is 1. The molecule has 2 atom stereocenters. The number of hydrogen-bond acceptors (Lipinski definition) is 6. The smallest absolute Gasteiger partial charge is 0.224 e. The minimum Gasteiger partial charge on any atom is -0.744 e. The highest BCUT2D eigenvalue weighted by Gasteiger charge is 2.25. The zero-order valence-electron chi connectivity index (χ0n) is 27.8. The molecule has 1 aliphatic heterocycles. The summed E-state index contributed by atoms with van der Waals surface area (Å²) in [5.41, 5.74) is 3.11. The lowest BCUT2D eigenvalue weighted by Crippen LogP contribution is -2.29. The van der Waals surface area contributed by atoms with Crippen LogP contribution >= 0.6 is 11.3 Å². The maximum absolute atomic E-state index is 10.4. The standard InChI is InChI=1S/C29H54NO2S.C7H8O3S/c1-2-3-4-5-6-7-8-9-10-11-12-13-14-16-19-28-24-29(32-25-28)26-31-22-18-15-17-20-30-21-23-33-27-30;1-6-2-4-7(5-3-6)11(8,9)10/h21,23,27-29H,2-20,22,24-26H2,1H3;2-5H,1H3,(H,8,9,10)/q+1;/p-1/t28-,29+;/m1./s1. The molecule has 8 heteroatoms. The summed E-state index contributed by atoms with van der Waals surface area (Å²) in [5, 5.41) is 2.14. The Morgan fingerprint density at radius 1 is 0.864 bits per heavy atom. The molecule has 0 N–H and O–H groups in total. The van der Waals surface area contributed by atoms with E-state index in [-0.39, 0.29) is 4.90 Å². The van der Waals surface area contributed by atoms with Crippen LogP contribution < -0.4 is 4.57 Å². The minimum atomic E-state index is -4.27. The molecule has 0 bridgehead atoms. The first-order valence-corrected chi connectivity index (χ1v) is 19.9. The van der Waals surface area contributed by atoms with Crippen LogP contribution in [0.25, 0.3) is 0 Å². The van der Waals surface area contributed by atoms with Crippen molar-refractivity contribution in [1.29, 1.82) is 0 Å². The van der Waals surface area contributed by atoms with Crippen molar-refractivity contribution in [2.75, 3.05) is 19.8 Å². The molecule has 0 aliphatic carbocycles. The number of aryl methyl sites for hydroxylation is 2. The van der Waals surface area contributed by atoms with Gasteiger partial charge >= 0.3 is 0 Å². The molecule has 0 unspecified atom stereocenters.